The van der Waals surface area contributed by atoms with Crippen molar-refractivity contribution in [1.82, 2.24) is 16.0 Å². The number of benzene rings is 2. The largest absolute Gasteiger partial charge is 0.493 e. The molecule has 232 valence electrons. The van der Waals surface area contributed by atoms with Gasteiger partial charge in [-0.3, -0.25) is 4.79 Å². The molecular weight excluding hydrogens is 558 g/mol. The Labute approximate surface area is 255 Å². The number of likely N-dealkylation sites (N-methyl/N-ethyl adjacent to an activating group) is 1. The highest BCUT2D eigenvalue weighted by Gasteiger charge is 2.23. The van der Waals surface area contributed by atoms with Crippen LogP contribution in [0, 0.1) is 5.92 Å². The molecule has 1 fully saturated rings. The standard InChI is InChI=1S/C32H46ClN3O6/c1-34-22-28(17-23-9-5-4-6-10-23)36-31(37)26-18-25(20-29(21-26)41-15-8-14-39-2)30(24-11-7-12-27(33)19-24)42-16-13-35-32(38)40-3/h7,11-12,18-21,23,28,30,34H,4-6,8-10,13-17,22H2,1-3H3,(H,35,38)(H,36,37). The van der Waals surface area contributed by atoms with E-state index < -0.39 is 12.2 Å². The average Bonchev–Trinajstić information content (AvgIpc) is 2.99. The SMILES string of the molecule is CNCC(CC1CCCCC1)NC(=O)c1cc(OCCCOC)cc(C(OCCNC(=O)OC)c2cccc(Cl)c2)c1. The van der Waals surface area contributed by atoms with E-state index in [4.69, 9.17) is 25.8 Å². The van der Waals surface area contributed by atoms with Crippen LogP contribution in [0.5, 0.6) is 5.75 Å². The predicted octanol–water partition coefficient (Wildman–Crippen LogP) is 5.51. The number of rotatable bonds is 17. The normalized spacial score (nSPS) is 15.0. The topological polar surface area (TPSA) is 107 Å². The fourth-order valence-corrected chi connectivity index (χ4v) is 5.57. The molecule has 3 rings (SSSR count). The number of methoxy groups -OCH3 is 2. The minimum atomic E-state index is -0.562. The van der Waals surface area contributed by atoms with Crippen molar-refractivity contribution in [3.63, 3.8) is 0 Å². The minimum Gasteiger partial charge on any atom is -0.493 e. The molecule has 10 heteroatoms. The molecule has 0 heterocycles. The molecule has 0 spiro atoms. The highest BCUT2D eigenvalue weighted by molar-refractivity contribution is 6.30. The lowest BCUT2D eigenvalue weighted by molar-refractivity contribution is 0.0801. The lowest BCUT2D eigenvalue weighted by Crippen LogP contribution is -2.42. The van der Waals surface area contributed by atoms with Gasteiger partial charge in [0.1, 0.15) is 11.9 Å². The quantitative estimate of drug-likeness (QED) is 0.205. The van der Waals surface area contributed by atoms with E-state index in [1.165, 1.54) is 39.2 Å². The fourth-order valence-electron chi connectivity index (χ4n) is 5.37. The van der Waals surface area contributed by atoms with Crippen LogP contribution < -0.4 is 20.7 Å². The van der Waals surface area contributed by atoms with Gasteiger partial charge in [-0.2, -0.15) is 0 Å². The van der Waals surface area contributed by atoms with Gasteiger partial charge in [0.05, 0.1) is 20.3 Å². The number of carbonyl (C=O) groups is 2. The Morgan fingerprint density at radius 2 is 1.81 bits per heavy atom. The molecule has 0 aromatic heterocycles. The highest BCUT2D eigenvalue weighted by atomic mass is 35.5. The lowest BCUT2D eigenvalue weighted by Gasteiger charge is -2.27. The smallest absolute Gasteiger partial charge is 0.406 e. The lowest BCUT2D eigenvalue weighted by atomic mass is 9.84. The molecule has 3 N–H and O–H groups in total. The van der Waals surface area contributed by atoms with E-state index in [0.717, 1.165) is 17.5 Å². The van der Waals surface area contributed by atoms with Crippen LogP contribution in [-0.2, 0) is 14.2 Å². The van der Waals surface area contributed by atoms with Crippen molar-refractivity contribution in [2.24, 2.45) is 5.92 Å². The Bertz CT molecular complexity index is 1110. The van der Waals surface area contributed by atoms with Gasteiger partial charge in [-0.15, -0.1) is 0 Å². The van der Waals surface area contributed by atoms with E-state index in [9.17, 15) is 9.59 Å². The summed E-state index contributed by atoms with van der Waals surface area (Å²) < 4.78 is 22.2. The summed E-state index contributed by atoms with van der Waals surface area (Å²) in [4.78, 5) is 25.2. The van der Waals surface area contributed by atoms with Crippen molar-refractivity contribution < 1.29 is 28.5 Å². The van der Waals surface area contributed by atoms with Gasteiger partial charge < -0.3 is 34.9 Å². The molecule has 0 bridgehead atoms. The number of ether oxygens (including phenoxy) is 4. The molecule has 42 heavy (non-hydrogen) atoms. The molecule has 1 aliphatic rings. The first kappa shape index (κ1) is 33.6. The van der Waals surface area contributed by atoms with Crippen molar-refractivity contribution >= 4 is 23.6 Å². The van der Waals surface area contributed by atoms with Gasteiger partial charge in [-0.05, 0) is 60.8 Å². The number of hydrogen-bond donors (Lipinski definition) is 3. The number of alkyl carbamates (subject to hydrolysis) is 1. The molecule has 9 nitrogen and oxygen atoms in total. The van der Waals surface area contributed by atoms with Crippen molar-refractivity contribution in [3.8, 4) is 5.75 Å². The van der Waals surface area contributed by atoms with Crippen LogP contribution in [0.3, 0.4) is 0 Å². The molecule has 2 amide bonds. The van der Waals surface area contributed by atoms with Crippen molar-refractivity contribution in [3.05, 3.63) is 64.2 Å². The molecule has 1 saturated carbocycles. The zero-order valence-corrected chi connectivity index (χ0v) is 25.8. The maximum Gasteiger partial charge on any atom is 0.406 e. The third kappa shape index (κ3) is 11.4. The van der Waals surface area contributed by atoms with Crippen LogP contribution in [0.2, 0.25) is 5.02 Å². The van der Waals surface area contributed by atoms with Gasteiger partial charge in [-0.25, -0.2) is 4.79 Å². The third-order valence-electron chi connectivity index (χ3n) is 7.38. The zero-order valence-electron chi connectivity index (χ0n) is 25.1. The van der Waals surface area contributed by atoms with Crippen LogP contribution >= 0.6 is 11.6 Å². The Morgan fingerprint density at radius 1 is 1.00 bits per heavy atom. The van der Waals surface area contributed by atoms with Crippen LogP contribution in [0.15, 0.2) is 42.5 Å². The third-order valence-corrected chi connectivity index (χ3v) is 7.61. The number of hydrogen-bond acceptors (Lipinski definition) is 7. The van der Waals surface area contributed by atoms with Crippen LogP contribution in [0.1, 0.15) is 72.5 Å². The molecule has 2 aromatic rings. The Hall–Kier alpha value is -2.85. The summed E-state index contributed by atoms with van der Waals surface area (Å²) >= 11 is 6.34. The van der Waals surface area contributed by atoms with Crippen LogP contribution in [0.25, 0.3) is 0 Å². The number of halogens is 1. The second-order valence-electron chi connectivity index (χ2n) is 10.7. The van der Waals surface area contributed by atoms with Crippen molar-refractivity contribution in [2.45, 2.75) is 57.1 Å². The van der Waals surface area contributed by atoms with Gasteiger partial charge in [0.2, 0.25) is 0 Å². The van der Waals surface area contributed by atoms with E-state index >= 15 is 0 Å². The molecule has 0 aliphatic heterocycles. The molecular formula is C32H46ClN3O6. The molecule has 2 atom stereocenters. The Kier molecular flexibility index (Phi) is 14.9. The molecule has 0 saturated heterocycles. The van der Waals surface area contributed by atoms with Gasteiger partial charge in [-0.1, -0.05) is 55.8 Å². The minimum absolute atomic E-state index is 0.0182. The molecule has 0 radical (unpaired) electrons. The first-order valence-corrected chi connectivity index (χ1v) is 15.2. The zero-order chi connectivity index (χ0) is 30.2. The predicted molar refractivity (Wildman–Crippen MR) is 164 cm³/mol. The van der Waals surface area contributed by atoms with Gasteiger partial charge in [0, 0.05) is 49.9 Å². The summed E-state index contributed by atoms with van der Waals surface area (Å²) in [5, 5.41) is 9.71. The number of carbonyl (C=O) groups excluding carboxylic acids is 2. The highest BCUT2D eigenvalue weighted by Crippen LogP contribution is 2.32. The first-order valence-electron chi connectivity index (χ1n) is 14.8. The Balaban J connectivity index is 1.88. The Morgan fingerprint density at radius 3 is 2.52 bits per heavy atom. The average molecular weight is 604 g/mol. The monoisotopic (exact) mass is 603 g/mol. The van der Waals surface area contributed by atoms with Gasteiger partial charge >= 0.3 is 6.09 Å². The fraction of sp³-hybridized carbons (Fsp3) is 0.562. The van der Waals surface area contributed by atoms with Gasteiger partial charge in [0.25, 0.3) is 5.91 Å². The molecule has 2 aromatic carbocycles. The summed E-state index contributed by atoms with van der Waals surface area (Å²) in [6.07, 6.45) is 6.82. The van der Waals surface area contributed by atoms with E-state index in [-0.39, 0.29) is 25.1 Å². The van der Waals surface area contributed by atoms with E-state index in [1.54, 1.807) is 19.2 Å². The maximum atomic E-state index is 13.7. The van der Waals surface area contributed by atoms with Gasteiger partial charge in [0.15, 0.2) is 0 Å². The summed E-state index contributed by atoms with van der Waals surface area (Å²) in [7, 11) is 4.88. The summed E-state index contributed by atoms with van der Waals surface area (Å²) in [6.45, 7) is 2.16. The number of amides is 2. The van der Waals surface area contributed by atoms with E-state index in [0.29, 0.717) is 48.4 Å². The summed E-state index contributed by atoms with van der Waals surface area (Å²) in [6, 6.07) is 12.9. The van der Waals surface area contributed by atoms with E-state index in [1.807, 2.05) is 37.4 Å². The summed E-state index contributed by atoms with van der Waals surface area (Å²) in [5.41, 5.74) is 2.04. The van der Waals surface area contributed by atoms with Crippen molar-refractivity contribution in [1.29, 1.82) is 0 Å². The first-order chi connectivity index (χ1) is 20.4. The van der Waals surface area contributed by atoms with Crippen molar-refractivity contribution in [2.75, 3.05) is 54.2 Å². The number of nitrogens with one attached hydrogen (secondary N) is 3. The molecule has 1 aliphatic carbocycles. The molecule has 2 unspecified atom stereocenters. The second-order valence-corrected chi connectivity index (χ2v) is 11.1. The van der Waals surface area contributed by atoms with E-state index in [2.05, 4.69) is 20.7 Å². The second kappa shape index (κ2) is 18.6. The summed E-state index contributed by atoms with van der Waals surface area (Å²) in [5.74, 6) is 1.03. The maximum absolute atomic E-state index is 13.7. The van der Waals surface area contributed by atoms with Crippen LogP contribution in [0.4, 0.5) is 4.79 Å². The van der Waals surface area contributed by atoms with Crippen LogP contribution in [-0.4, -0.2) is 72.2 Å².